The van der Waals surface area contributed by atoms with E-state index < -0.39 is 0 Å². The van der Waals surface area contributed by atoms with Crippen LogP contribution in [0.5, 0.6) is 0 Å². The van der Waals surface area contributed by atoms with Crippen LogP contribution in [-0.4, -0.2) is 56.8 Å². The number of nitrogens with one attached hydrogen (secondary N) is 1. The smallest absolute Gasteiger partial charge is 0.160 e. The molecule has 2 bridgehead atoms. The highest BCUT2D eigenvalue weighted by Gasteiger charge is 2.47. The van der Waals surface area contributed by atoms with Crippen LogP contribution in [-0.2, 0) is 6.42 Å². The average Bonchev–Trinajstić information content (AvgIpc) is 3.26. The molecule has 3 fully saturated rings. The Morgan fingerprint density at radius 2 is 1.93 bits per heavy atom. The molecule has 1 N–H and O–H groups in total. The SMILES string of the molecule is c1ccc(C[C@H]2[C@H]3C[C@H](CN(c4ncnc5[nH]ncc45)C3)[C@@H]3CCCCN32)cc1. The summed E-state index contributed by atoms with van der Waals surface area (Å²) in [4.78, 5) is 14.4. The molecule has 6 rings (SSSR count). The van der Waals surface area contributed by atoms with Gasteiger partial charge in [0.15, 0.2) is 5.65 Å². The number of anilines is 1. The van der Waals surface area contributed by atoms with Crippen molar-refractivity contribution in [2.45, 2.75) is 44.2 Å². The van der Waals surface area contributed by atoms with Crippen molar-refractivity contribution < 1.29 is 0 Å². The quantitative estimate of drug-likeness (QED) is 0.746. The Hall–Kier alpha value is -2.47. The first-order valence-corrected chi connectivity index (χ1v) is 11.1. The maximum absolute atomic E-state index is 4.68. The van der Waals surface area contributed by atoms with Gasteiger partial charge in [-0.1, -0.05) is 36.8 Å². The molecule has 1 aromatic carbocycles. The van der Waals surface area contributed by atoms with E-state index in [-0.39, 0.29) is 0 Å². The van der Waals surface area contributed by atoms with E-state index in [1.807, 2.05) is 6.20 Å². The van der Waals surface area contributed by atoms with Gasteiger partial charge in [-0.2, -0.15) is 5.10 Å². The van der Waals surface area contributed by atoms with Crippen molar-refractivity contribution in [3.8, 4) is 0 Å². The second-order valence-corrected chi connectivity index (χ2v) is 9.05. The van der Waals surface area contributed by atoms with Crippen LogP contribution in [0.4, 0.5) is 5.82 Å². The minimum absolute atomic E-state index is 0.628. The van der Waals surface area contributed by atoms with E-state index in [2.05, 4.69) is 60.3 Å². The van der Waals surface area contributed by atoms with Crippen LogP contribution in [0.3, 0.4) is 0 Å². The number of piperidine rings is 3. The Bertz CT molecular complexity index is 985. The fourth-order valence-electron chi connectivity index (χ4n) is 6.22. The molecule has 3 saturated heterocycles. The molecule has 4 atom stereocenters. The molecule has 150 valence electrons. The van der Waals surface area contributed by atoms with Crippen molar-refractivity contribution in [1.82, 2.24) is 25.1 Å². The van der Waals surface area contributed by atoms with E-state index in [0.29, 0.717) is 12.0 Å². The third-order valence-electron chi connectivity index (χ3n) is 7.44. The number of aromatic nitrogens is 4. The van der Waals surface area contributed by atoms with E-state index in [1.165, 1.54) is 37.8 Å². The topological polar surface area (TPSA) is 60.9 Å². The van der Waals surface area contributed by atoms with Crippen molar-refractivity contribution in [3.63, 3.8) is 0 Å². The van der Waals surface area contributed by atoms with Gasteiger partial charge in [0.25, 0.3) is 0 Å². The monoisotopic (exact) mass is 388 g/mol. The van der Waals surface area contributed by atoms with Crippen LogP contribution in [0.1, 0.15) is 31.2 Å². The summed E-state index contributed by atoms with van der Waals surface area (Å²) in [6.45, 7) is 3.45. The van der Waals surface area contributed by atoms with Crippen molar-refractivity contribution in [2.75, 3.05) is 24.5 Å². The summed E-state index contributed by atoms with van der Waals surface area (Å²) in [5.41, 5.74) is 2.31. The van der Waals surface area contributed by atoms with E-state index in [1.54, 1.807) is 6.33 Å². The van der Waals surface area contributed by atoms with Gasteiger partial charge in [0, 0.05) is 25.2 Å². The Labute approximate surface area is 171 Å². The third kappa shape index (κ3) is 3.01. The predicted octanol–water partition coefficient (Wildman–Crippen LogP) is 3.27. The van der Waals surface area contributed by atoms with Gasteiger partial charge in [0.05, 0.1) is 11.6 Å². The van der Waals surface area contributed by atoms with E-state index >= 15 is 0 Å². The zero-order valence-electron chi connectivity index (χ0n) is 16.7. The molecule has 6 heteroatoms. The second-order valence-electron chi connectivity index (χ2n) is 9.05. The van der Waals surface area contributed by atoms with Crippen LogP contribution in [0.15, 0.2) is 42.9 Å². The average molecular weight is 389 g/mol. The molecule has 3 aliphatic heterocycles. The number of fused-ring (bicyclic) bond motifs is 5. The minimum atomic E-state index is 0.628. The summed E-state index contributed by atoms with van der Waals surface area (Å²) in [7, 11) is 0. The molecule has 3 aromatic rings. The van der Waals surface area contributed by atoms with Gasteiger partial charge in [-0.3, -0.25) is 10.00 Å². The summed E-state index contributed by atoms with van der Waals surface area (Å²) < 4.78 is 0. The summed E-state index contributed by atoms with van der Waals surface area (Å²) in [6, 6.07) is 12.4. The first kappa shape index (κ1) is 17.4. The van der Waals surface area contributed by atoms with Gasteiger partial charge in [0.2, 0.25) is 0 Å². The summed E-state index contributed by atoms with van der Waals surface area (Å²) in [5.74, 6) is 2.47. The standard InChI is InChI=1S/C23H28N6/c1-2-6-16(7-3-1)10-21-18-11-17(20-8-4-5-9-29(20)21)13-28(14-18)23-19-12-26-27-22(19)24-15-25-23/h1-3,6-7,12,15,17-18,20-21H,4-5,8-11,13-14H2,(H,24,25,26,27)/t17-,18+,20+,21+/m1/s1. The number of benzene rings is 1. The number of H-pyrrole nitrogens is 1. The lowest BCUT2D eigenvalue weighted by Crippen LogP contribution is -2.64. The maximum Gasteiger partial charge on any atom is 0.160 e. The molecule has 5 heterocycles. The highest BCUT2D eigenvalue weighted by Crippen LogP contribution is 2.43. The van der Waals surface area contributed by atoms with Crippen molar-refractivity contribution in [2.24, 2.45) is 11.8 Å². The van der Waals surface area contributed by atoms with E-state index in [4.69, 9.17) is 0 Å². The van der Waals surface area contributed by atoms with Gasteiger partial charge in [-0.05, 0) is 49.6 Å². The third-order valence-corrected chi connectivity index (χ3v) is 7.44. The fourth-order valence-corrected chi connectivity index (χ4v) is 6.22. The molecule has 29 heavy (non-hydrogen) atoms. The van der Waals surface area contributed by atoms with Crippen LogP contribution in [0, 0.1) is 11.8 Å². The van der Waals surface area contributed by atoms with Gasteiger partial charge < -0.3 is 4.90 Å². The van der Waals surface area contributed by atoms with Crippen LogP contribution < -0.4 is 4.90 Å². The highest BCUT2D eigenvalue weighted by atomic mass is 15.3. The lowest BCUT2D eigenvalue weighted by molar-refractivity contribution is -0.0317. The molecule has 6 nitrogen and oxygen atoms in total. The van der Waals surface area contributed by atoms with Crippen LogP contribution >= 0.6 is 0 Å². The minimum Gasteiger partial charge on any atom is -0.355 e. The number of nitrogens with zero attached hydrogens (tertiary/aromatic N) is 5. The Kier molecular flexibility index (Phi) is 4.26. The lowest BCUT2D eigenvalue weighted by atomic mass is 9.71. The zero-order chi connectivity index (χ0) is 19.2. The molecule has 2 aromatic heterocycles. The van der Waals surface area contributed by atoms with Crippen molar-refractivity contribution in [3.05, 3.63) is 48.4 Å². The molecule has 3 aliphatic rings. The van der Waals surface area contributed by atoms with Gasteiger partial charge >= 0.3 is 0 Å². The van der Waals surface area contributed by atoms with Gasteiger partial charge in [0.1, 0.15) is 12.1 Å². The Morgan fingerprint density at radius 1 is 1.03 bits per heavy atom. The first-order valence-electron chi connectivity index (χ1n) is 11.1. The molecule has 0 unspecified atom stereocenters. The normalized spacial score (nSPS) is 29.7. The van der Waals surface area contributed by atoms with Crippen molar-refractivity contribution >= 4 is 16.9 Å². The van der Waals surface area contributed by atoms with Crippen LogP contribution in [0.25, 0.3) is 11.0 Å². The van der Waals surface area contributed by atoms with Crippen molar-refractivity contribution in [1.29, 1.82) is 0 Å². The molecule has 0 radical (unpaired) electrons. The Morgan fingerprint density at radius 3 is 2.86 bits per heavy atom. The summed E-state index contributed by atoms with van der Waals surface area (Å²) >= 11 is 0. The second kappa shape index (κ2) is 7.10. The van der Waals surface area contributed by atoms with Crippen LogP contribution in [0.2, 0.25) is 0 Å². The number of rotatable bonds is 3. The number of hydrogen-bond donors (Lipinski definition) is 1. The van der Waals surface area contributed by atoms with E-state index in [0.717, 1.165) is 48.3 Å². The summed E-state index contributed by atoms with van der Waals surface area (Å²) in [6.07, 6.45) is 10.1. The molecule has 0 spiro atoms. The molecule has 0 amide bonds. The van der Waals surface area contributed by atoms with E-state index in [9.17, 15) is 0 Å². The molecule has 0 aliphatic carbocycles. The highest BCUT2D eigenvalue weighted by molar-refractivity contribution is 5.86. The first-order chi connectivity index (χ1) is 14.4. The molecule has 0 saturated carbocycles. The summed E-state index contributed by atoms with van der Waals surface area (Å²) in [5, 5.41) is 8.25. The Balaban J connectivity index is 1.34. The number of aromatic amines is 1. The van der Waals surface area contributed by atoms with Gasteiger partial charge in [-0.15, -0.1) is 0 Å². The number of hydrogen-bond acceptors (Lipinski definition) is 5. The maximum atomic E-state index is 4.68. The lowest BCUT2D eigenvalue weighted by Gasteiger charge is -2.57. The molecular weight excluding hydrogens is 360 g/mol. The predicted molar refractivity (Wildman–Crippen MR) is 114 cm³/mol. The zero-order valence-corrected chi connectivity index (χ0v) is 16.7. The molecular formula is C23H28N6. The van der Waals surface area contributed by atoms with Gasteiger partial charge in [-0.25, -0.2) is 9.97 Å². The largest absolute Gasteiger partial charge is 0.355 e. The fraction of sp³-hybridized carbons (Fsp3) is 0.522.